The molecular weight excluding hydrogens is 236 g/mol. The number of carboxylic acid groups (broad SMARTS) is 1. The first kappa shape index (κ1) is 20.8. The highest BCUT2D eigenvalue weighted by molar-refractivity contribution is 5.66. The zero-order valence-corrected chi connectivity index (χ0v) is 13.7. The molecule has 0 bridgehead atoms. The normalized spacial score (nSPS) is 10.2. The maximum absolute atomic E-state index is 9.76. The van der Waals surface area contributed by atoms with Crippen LogP contribution in [-0.2, 0) is 4.79 Å². The molecule has 2 nitrogen and oxygen atoms in total. The van der Waals surface area contributed by atoms with Crippen molar-refractivity contribution in [1.82, 2.24) is 0 Å². The van der Waals surface area contributed by atoms with Gasteiger partial charge in [-0.1, -0.05) is 85.5 Å². The second-order valence-corrected chi connectivity index (χ2v) is 5.44. The molecule has 0 aliphatic heterocycles. The summed E-state index contributed by atoms with van der Waals surface area (Å²) in [6.45, 7) is 8.87. The molecule has 0 saturated carbocycles. The summed E-state index contributed by atoms with van der Waals surface area (Å²) in [7, 11) is 0. The molecule has 0 unspecified atom stereocenters. The van der Waals surface area contributed by atoms with Crippen LogP contribution in [0.2, 0.25) is 0 Å². The molecule has 0 aromatic rings. The molecule has 19 heavy (non-hydrogen) atoms. The first-order valence-corrected chi connectivity index (χ1v) is 8.33. The van der Waals surface area contributed by atoms with Crippen molar-refractivity contribution >= 4 is 5.97 Å². The molecule has 2 heteroatoms. The van der Waals surface area contributed by atoms with Crippen LogP contribution in [0.15, 0.2) is 0 Å². The van der Waals surface area contributed by atoms with Crippen LogP contribution >= 0.6 is 0 Å². The predicted molar refractivity (Wildman–Crippen MR) is 84.6 cm³/mol. The molecule has 0 rings (SSSR count). The smallest absolute Gasteiger partial charge is 0.303 e. The third-order valence-corrected chi connectivity index (χ3v) is 3.37. The van der Waals surface area contributed by atoms with E-state index < -0.39 is 5.97 Å². The third kappa shape index (κ3) is 20.0. The molecule has 0 heterocycles. The Morgan fingerprint density at radius 2 is 1.26 bits per heavy atom. The molecule has 0 saturated heterocycles. The number of rotatable bonds is 11. The van der Waals surface area contributed by atoms with Gasteiger partial charge in [0.2, 0.25) is 0 Å². The van der Waals surface area contributed by atoms with Crippen LogP contribution in [0.25, 0.3) is 0 Å². The molecule has 0 radical (unpaired) electrons. The number of aliphatic carboxylic acids is 1. The van der Waals surface area contributed by atoms with Crippen LogP contribution in [0.5, 0.6) is 0 Å². The van der Waals surface area contributed by atoms with Gasteiger partial charge in [0, 0.05) is 6.42 Å². The average molecular weight is 272 g/mol. The second-order valence-electron chi connectivity index (χ2n) is 5.44. The van der Waals surface area contributed by atoms with E-state index in [2.05, 4.69) is 20.8 Å². The number of unbranched alkanes of at least 4 members (excludes halogenated alkanes) is 3. The molecule has 0 amide bonds. The lowest BCUT2D eigenvalue weighted by Crippen LogP contribution is -1.99. The number of carboxylic acids is 1. The highest BCUT2D eigenvalue weighted by Gasteiger charge is 2.05. The Bertz CT molecular complexity index is 170. The minimum Gasteiger partial charge on any atom is -0.481 e. The maximum Gasteiger partial charge on any atom is 0.303 e. The van der Waals surface area contributed by atoms with Gasteiger partial charge in [0.05, 0.1) is 0 Å². The molecule has 0 atom stereocenters. The standard InChI is InChI=1S/C12H26.C5H10O2/c1-4-7-10-12(9-6-3)11-8-5-2;1-2-3-4-5(6)7/h12H,4-11H2,1-3H3;2-4H2,1H3,(H,6,7). The van der Waals surface area contributed by atoms with E-state index in [1.807, 2.05) is 6.92 Å². The van der Waals surface area contributed by atoms with Gasteiger partial charge in [0.25, 0.3) is 0 Å². The lowest BCUT2D eigenvalue weighted by atomic mass is 9.92. The minimum atomic E-state index is -0.693. The zero-order chi connectivity index (χ0) is 14.9. The third-order valence-electron chi connectivity index (χ3n) is 3.37. The summed E-state index contributed by atoms with van der Waals surface area (Å²) in [5.41, 5.74) is 0. The minimum absolute atomic E-state index is 0.316. The van der Waals surface area contributed by atoms with Gasteiger partial charge < -0.3 is 5.11 Å². The van der Waals surface area contributed by atoms with Gasteiger partial charge in [0.15, 0.2) is 0 Å². The Morgan fingerprint density at radius 3 is 1.53 bits per heavy atom. The largest absolute Gasteiger partial charge is 0.481 e. The lowest BCUT2D eigenvalue weighted by molar-refractivity contribution is -0.137. The van der Waals surface area contributed by atoms with Gasteiger partial charge >= 0.3 is 5.97 Å². The van der Waals surface area contributed by atoms with Gasteiger partial charge in [-0.05, 0) is 12.3 Å². The summed E-state index contributed by atoms with van der Waals surface area (Å²) in [5, 5.41) is 8.04. The van der Waals surface area contributed by atoms with E-state index in [0.29, 0.717) is 6.42 Å². The average Bonchev–Trinajstić information content (AvgIpc) is 2.40. The molecule has 0 aromatic heterocycles. The molecule has 0 fully saturated rings. The van der Waals surface area contributed by atoms with Crippen LogP contribution in [0.3, 0.4) is 0 Å². The first-order chi connectivity index (χ1) is 9.12. The Balaban J connectivity index is 0. The summed E-state index contributed by atoms with van der Waals surface area (Å²) in [4.78, 5) is 9.76. The summed E-state index contributed by atoms with van der Waals surface area (Å²) in [5.74, 6) is 0.344. The SMILES string of the molecule is CCCCC(=O)O.CCCCC(CCC)CCCC. The van der Waals surface area contributed by atoms with Crippen LogP contribution in [0, 0.1) is 5.92 Å². The van der Waals surface area contributed by atoms with E-state index in [9.17, 15) is 4.79 Å². The van der Waals surface area contributed by atoms with Crippen LogP contribution in [0.1, 0.15) is 98.3 Å². The van der Waals surface area contributed by atoms with Crippen molar-refractivity contribution in [3.05, 3.63) is 0 Å². The van der Waals surface area contributed by atoms with Crippen molar-refractivity contribution in [3.8, 4) is 0 Å². The van der Waals surface area contributed by atoms with Gasteiger partial charge in [0.1, 0.15) is 0 Å². The fourth-order valence-electron chi connectivity index (χ4n) is 2.15. The molecule has 0 spiro atoms. The predicted octanol–water partition coefficient (Wildman–Crippen LogP) is 6.04. The summed E-state index contributed by atoms with van der Waals surface area (Å²) >= 11 is 0. The monoisotopic (exact) mass is 272 g/mol. The van der Waals surface area contributed by atoms with Crippen molar-refractivity contribution in [2.75, 3.05) is 0 Å². The van der Waals surface area contributed by atoms with E-state index in [1.54, 1.807) is 0 Å². The molecule has 1 N–H and O–H groups in total. The molecule has 116 valence electrons. The van der Waals surface area contributed by atoms with E-state index in [-0.39, 0.29) is 0 Å². The quantitative estimate of drug-likeness (QED) is 0.497. The fourth-order valence-corrected chi connectivity index (χ4v) is 2.15. The molecule has 0 aliphatic rings. The number of hydrogen-bond donors (Lipinski definition) is 1. The van der Waals surface area contributed by atoms with E-state index in [4.69, 9.17) is 5.11 Å². The Kier molecular flexibility index (Phi) is 19.1. The van der Waals surface area contributed by atoms with Crippen molar-refractivity contribution in [2.24, 2.45) is 5.92 Å². The van der Waals surface area contributed by atoms with Crippen LogP contribution in [0.4, 0.5) is 0 Å². The van der Waals surface area contributed by atoms with Crippen molar-refractivity contribution in [2.45, 2.75) is 98.3 Å². The maximum atomic E-state index is 9.76. The van der Waals surface area contributed by atoms with E-state index >= 15 is 0 Å². The van der Waals surface area contributed by atoms with Gasteiger partial charge in [-0.25, -0.2) is 0 Å². The van der Waals surface area contributed by atoms with Crippen molar-refractivity contribution in [3.63, 3.8) is 0 Å². The van der Waals surface area contributed by atoms with Crippen LogP contribution in [-0.4, -0.2) is 11.1 Å². The molecule has 0 aliphatic carbocycles. The van der Waals surface area contributed by atoms with E-state index in [1.165, 1.54) is 51.4 Å². The zero-order valence-electron chi connectivity index (χ0n) is 13.7. The summed E-state index contributed by atoms with van der Waals surface area (Å²) < 4.78 is 0. The highest BCUT2D eigenvalue weighted by atomic mass is 16.4. The summed E-state index contributed by atoms with van der Waals surface area (Å²) in [6.07, 6.45) is 13.5. The Labute approximate surface area is 121 Å². The highest BCUT2D eigenvalue weighted by Crippen LogP contribution is 2.20. The molecule has 0 aromatic carbocycles. The number of hydrogen-bond acceptors (Lipinski definition) is 1. The van der Waals surface area contributed by atoms with Gasteiger partial charge in [-0.15, -0.1) is 0 Å². The van der Waals surface area contributed by atoms with Crippen molar-refractivity contribution < 1.29 is 9.90 Å². The first-order valence-electron chi connectivity index (χ1n) is 8.33. The second kappa shape index (κ2) is 17.5. The lowest BCUT2D eigenvalue weighted by Gasteiger charge is -2.14. The Hall–Kier alpha value is -0.530. The van der Waals surface area contributed by atoms with Crippen molar-refractivity contribution in [1.29, 1.82) is 0 Å². The number of carbonyl (C=O) groups is 1. The van der Waals surface area contributed by atoms with Crippen LogP contribution < -0.4 is 0 Å². The fraction of sp³-hybridized carbons (Fsp3) is 0.941. The Morgan fingerprint density at radius 1 is 0.789 bits per heavy atom. The van der Waals surface area contributed by atoms with E-state index in [0.717, 1.165) is 18.8 Å². The van der Waals surface area contributed by atoms with Gasteiger partial charge in [-0.2, -0.15) is 0 Å². The van der Waals surface area contributed by atoms with Gasteiger partial charge in [-0.3, -0.25) is 4.79 Å². The molecular formula is C17H36O2. The summed E-state index contributed by atoms with van der Waals surface area (Å²) in [6, 6.07) is 0. The topological polar surface area (TPSA) is 37.3 Å².